The van der Waals surface area contributed by atoms with Crippen molar-refractivity contribution in [3.63, 3.8) is 0 Å². The largest absolute Gasteiger partial charge is 0.464 e. The number of para-hydroxylation sites is 2. The first-order chi connectivity index (χ1) is 15.7. The first-order valence-electron chi connectivity index (χ1n) is 12.9. The minimum atomic E-state index is -0.915. The third-order valence-corrected chi connectivity index (χ3v) is 8.27. The molecule has 3 fully saturated rings. The molecule has 5 atom stereocenters. The fourth-order valence-electron chi connectivity index (χ4n) is 6.93. The second kappa shape index (κ2) is 9.60. The van der Waals surface area contributed by atoms with E-state index in [1.165, 1.54) is 57.8 Å². The van der Waals surface area contributed by atoms with Gasteiger partial charge in [0.2, 0.25) is 0 Å². The number of ether oxygens (including phenoxy) is 1. The van der Waals surface area contributed by atoms with Gasteiger partial charge in [0.15, 0.2) is 12.3 Å². The Bertz CT molecular complexity index is 780. The van der Waals surface area contributed by atoms with Gasteiger partial charge in [0.05, 0.1) is 18.0 Å². The Morgan fingerprint density at radius 2 is 1.62 bits per heavy atom. The second-order valence-electron chi connectivity index (χ2n) is 10.2. The van der Waals surface area contributed by atoms with Gasteiger partial charge in [-0.3, -0.25) is 4.90 Å². The lowest BCUT2D eigenvalue weighted by Crippen LogP contribution is -2.62. The number of aliphatic hydroxyl groups excluding tert-OH is 1. The van der Waals surface area contributed by atoms with E-state index in [1.807, 2.05) is 25.1 Å². The Morgan fingerprint density at radius 1 is 0.969 bits per heavy atom. The van der Waals surface area contributed by atoms with Crippen LogP contribution < -0.4 is 10.2 Å². The number of carbonyl (C=O) groups excluding carboxylic acids is 1. The van der Waals surface area contributed by atoms with E-state index < -0.39 is 12.3 Å². The number of esters is 1. The van der Waals surface area contributed by atoms with Crippen molar-refractivity contribution in [3.05, 3.63) is 24.3 Å². The highest BCUT2D eigenvalue weighted by Crippen LogP contribution is 2.45. The van der Waals surface area contributed by atoms with Crippen LogP contribution in [0.2, 0.25) is 0 Å². The van der Waals surface area contributed by atoms with Gasteiger partial charge in [0.25, 0.3) is 0 Å². The van der Waals surface area contributed by atoms with Crippen molar-refractivity contribution in [2.24, 2.45) is 0 Å². The molecule has 0 amide bonds. The fraction of sp³-hybridized carbons (Fsp3) is 0.731. The zero-order chi connectivity index (χ0) is 22.1. The summed E-state index contributed by atoms with van der Waals surface area (Å²) >= 11 is 0. The predicted octanol–water partition coefficient (Wildman–Crippen LogP) is 4.28. The van der Waals surface area contributed by atoms with E-state index in [0.717, 1.165) is 30.3 Å². The van der Waals surface area contributed by atoms with Crippen LogP contribution in [0.5, 0.6) is 0 Å². The number of benzene rings is 1. The van der Waals surface area contributed by atoms with Crippen molar-refractivity contribution in [3.8, 4) is 0 Å². The van der Waals surface area contributed by atoms with E-state index in [4.69, 9.17) is 4.74 Å². The maximum absolute atomic E-state index is 12.6. The van der Waals surface area contributed by atoms with Crippen LogP contribution >= 0.6 is 0 Å². The Morgan fingerprint density at radius 3 is 2.31 bits per heavy atom. The van der Waals surface area contributed by atoms with Crippen molar-refractivity contribution in [2.75, 3.05) is 16.8 Å². The molecular weight excluding hydrogens is 402 g/mol. The number of nitrogens with one attached hydrogen (secondary N) is 1. The van der Waals surface area contributed by atoms with E-state index in [1.54, 1.807) is 0 Å². The van der Waals surface area contributed by atoms with Gasteiger partial charge >= 0.3 is 5.97 Å². The Labute approximate surface area is 192 Å². The molecule has 2 saturated heterocycles. The third kappa shape index (κ3) is 4.12. The highest BCUT2D eigenvalue weighted by Gasteiger charge is 2.48. The molecule has 0 aromatic heterocycles. The van der Waals surface area contributed by atoms with Gasteiger partial charge < -0.3 is 20.1 Å². The molecular formula is C26H39N3O3. The standard InChI is InChI=1S/C26H39N3O3/c1-2-32-26(31)24-25(30)29(23-13-9-8-12-22(23)27-24)21-16-19-14-15-20(17-21)28(19)18-10-6-4-3-5-7-11-18/h8-9,12-13,18-21,24-25,27,30H,2-7,10-11,14-17H2,1H3/t19-,20?,21?,24?,25?/m0/s1. The molecule has 3 aliphatic heterocycles. The van der Waals surface area contributed by atoms with Crippen LogP contribution in [0.1, 0.15) is 77.6 Å². The molecule has 6 heteroatoms. The fourth-order valence-corrected chi connectivity index (χ4v) is 6.93. The SMILES string of the molecule is CCOC(=O)C1Nc2ccccc2N(C2CC3CC[C@@H](C2)N3C2CCCCCCC2)C1O. The highest BCUT2D eigenvalue weighted by atomic mass is 16.5. The molecule has 4 unspecified atom stereocenters. The highest BCUT2D eigenvalue weighted by molar-refractivity contribution is 5.86. The zero-order valence-corrected chi connectivity index (χ0v) is 19.4. The monoisotopic (exact) mass is 441 g/mol. The van der Waals surface area contributed by atoms with Gasteiger partial charge in [-0.1, -0.05) is 44.2 Å². The summed E-state index contributed by atoms with van der Waals surface area (Å²) in [6.07, 6.45) is 13.4. The number of hydrogen-bond donors (Lipinski definition) is 2. The number of fused-ring (bicyclic) bond motifs is 3. The molecule has 2 N–H and O–H groups in total. The molecule has 6 nitrogen and oxygen atoms in total. The first kappa shape index (κ1) is 22.0. The zero-order valence-electron chi connectivity index (χ0n) is 19.4. The molecule has 0 radical (unpaired) electrons. The number of carbonyl (C=O) groups is 1. The molecule has 1 aliphatic carbocycles. The summed E-state index contributed by atoms with van der Waals surface area (Å²) in [5.74, 6) is -0.380. The van der Waals surface area contributed by atoms with Crippen molar-refractivity contribution >= 4 is 17.3 Å². The lowest BCUT2D eigenvalue weighted by molar-refractivity contribution is -0.146. The van der Waals surface area contributed by atoms with Gasteiger partial charge in [-0.15, -0.1) is 0 Å². The van der Waals surface area contributed by atoms with Crippen molar-refractivity contribution in [1.29, 1.82) is 0 Å². The Kier molecular flexibility index (Phi) is 6.61. The summed E-state index contributed by atoms with van der Waals surface area (Å²) in [5.41, 5.74) is 1.91. The number of aliphatic hydroxyl groups is 1. The van der Waals surface area contributed by atoms with Gasteiger partial charge in [0.1, 0.15) is 0 Å². The molecule has 176 valence electrons. The first-order valence-corrected chi connectivity index (χ1v) is 12.9. The van der Waals surface area contributed by atoms with Crippen LogP contribution in [0.15, 0.2) is 24.3 Å². The van der Waals surface area contributed by atoms with Crippen LogP contribution in [0, 0.1) is 0 Å². The molecule has 5 rings (SSSR count). The average Bonchev–Trinajstić information content (AvgIpc) is 3.02. The van der Waals surface area contributed by atoms with Gasteiger partial charge in [-0.2, -0.15) is 0 Å². The van der Waals surface area contributed by atoms with E-state index in [9.17, 15) is 9.90 Å². The summed E-state index contributed by atoms with van der Waals surface area (Å²) in [5, 5.41) is 14.6. The van der Waals surface area contributed by atoms with Crippen LogP contribution in [0.3, 0.4) is 0 Å². The molecule has 0 spiro atoms. The minimum Gasteiger partial charge on any atom is -0.464 e. The van der Waals surface area contributed by atoms with E-state index in [0.29, 0.717) is 18.7 Å². The molecule has 2 bridgehead atoms. The molecule has 1 saturated carbocycles. The maximum atomic E-state index is 12.6. The Hall–Kier alpha value is -1.79. The molecule has 32 heavy (non-hydrogen) atoms. The molecule has 3 heterocycles. The van der Waals surface area contributed by atoms with Gasteiger partial charge in [-0.05, 0) is 57.6 Å². The topological polar surface area (TPSA) is 65.0 Å². The summed E-state index contributed by atoms with van der Waals surface area (Å²) in [4.78, 5) is 17.6. The van der Waals surface area contributed by atoms with Gasteiger partial charge in [0, 0.05) is 24.2 Å². The number of piperidine rings is 1. The Balaban J connectivity index is 1.37. The molecule has 4 aliphatic rings. The number of nitrogens with zero attached hydrogens (tertiary/aromatic N) is 2. The van der Waals surface area contributed by atoms with Crippen LogP contribution in [0.25, 0.3) is 0 Å². The van der Waals surface area contributed by atoms with E-state index in [-0.39, 0.29) is 12.0 Å². The number of hydrogen-bond acceptors (Lipinski definition) is 6. The summed E-state index contributed by atoms with van der Waals surface area (Å²) in [7, 11) is 0. The number of rotatable bonds is 4. The minimum absolute atomic E-state index is 0.243. The summed E-state index contributed by atoms with van der Waals surface area (Å²) < 4.78 is 5.28. The van der Waals surface area contributed by atoms with Crippen LogP contribution in [-0.2, 0) is 9.53 Å². The average molecular weight is 442 g/mol. The normalized spacial score (nSPS) is 33.7. The van der Waals surface area contributed by atoms with Crippen molar-refractivity contribution in [1.82, 2.24) is 4.90 Å². The summed E-state index contributed by atoms with van der Waals surface area (Å²) in [6, 6.07) is 9.47. The van der Waals surface area contributed by atoms with E-state index >= 15 is 0 Å². The lowest BCUT2D eigenvalue weighted by Gasteiger charge is -2.51. The quantitative estimate of drug-likeness (QED) is 0.680. The smallest absolute Gasteiger partial charge is 0.333 e. The number of anilines is 2. The summed E-state index contributed by atoms with van der Waals surface area (Å²) in [6.45, 7) is 2.12. The third-order valence-electron chi connectivity index (χ3n) is 8.27. The van der Waals surface area contributed by atoms with Crippen molar-refractivity contribution < 1.29 is 14.6 Å². The van der Waals surface area contributed by atoms with Gasteiger partial charge in [-0.25, -0.2) is 4.79 Å². The predicted molar refractivity (Wildman–Crippen MR) is 127 cm³/mol. The lowest BCUT2D eigenvalue weighted by atomic mass is 9.88. The second-order valence-corrected chi connectivity index (χ2v) is 10.2. The van der Waals surface area contributed by atoms with E-state index in [2.05, 4.69) is 21.2 Å². The van der Waals surface area contributed by atoms with Crippen LogP contribution in [-0.4, -0.2) is 59.0 Å². The molecule has 1 aromatic carbocycles. The van der Waals surface area contributed by atoms with Crippen molar-refractivity contribution in [2.45, 2.75) is 114 Å². The maximum Gasteiger partial charge on any atom is 0.333 e. The molecule has 1 aromatic rings. The van der Waals surface area contributed by atoms with Crippen LogP contribution in [0.4, 0.5) is 11.4 Å².